The summed E-state index contributed by atoms with van der Waals surface area (Å²) < 4.78 is 1.75. The van der Waals surface area contributed by atoms with Gasteiger partial charge in [0.25, 0.3) is 0 Å². The maximum Gasteiger partial charge on any atom is 0.239 e. The first-order valence-electron chi connectivity index (χ1n) is 3.97. The number of nitrogens with two attached hydrogens (primary N) is 1. The molecule has 0 amide bonds. The normalized spacial score (nSPS) is 10.4. The van der Waals surface area contributed by atoms with Crippen LogP contribution in [0, 0.1) is 0 Å². The molecule has 2 aromatic heterocycles. The van der Waals surface area contributed by atoms with Gasteiger partial charge in [0, 0.05) is 14.1 Å². The molecular formula is C6H10N8. The van der Waals surface area contributed by atoms with Gasteiger partial charge in [-0.1, -0.05) is 0 Å². The summed E-state index contributed by atoms with van der Waals surface area (Å²) in [5, 5.41) is 17.1. The van der Waals surface area contributed by atoms with Crippen LogP contribution in [0.25, 0.3) is 11.6 Å². The summed E-state index contributed by atoms with van der Waals surface area (Å²) in [5.74, 6) is 1.92. The fraction of sp³-hybridized carbons (Fsp3) is 0.333. The Balaban J connectivity index is 2.46. The Morgan fingerprint density at radius 2 is 2.21 bits per heavy atom. The van der Waals surface area contributed by atoms with Crippen molar-refractivity contribution in [3.05, 3.63) is 0 Å². The molecule has 0 aliphatic carbocycles. The highest BCUT2D eigenvalue weighted by Gasteiger charge is 2.12. The van der Waals surface area contributed by atoms with E-state index in [0.29, 0.717) is 17.6 Å². The van der Waals surface area contributed by atoms with E-state index < -0.39 is 0 Å². The molecule has 0 aliphatic rings. The van der Waals surface area contributed by atoms with Crippen LogP contribution in [0.3, 0.4) is 0 Å². The van der Waals surface area contributed by atoms with Gasteiger partial charge in [-0.25, -0.2) is 0 Å². The number of rotatable bonds is 2. The Labute approximate surface area is 79.6 Å². The zero-order valence-electron chi connectivity index (χ0n) is 7.81. The number of aromatic nitrogens is 6. The molecule has 2 rings (SSSR count). The van der Waals surface area contributed by atoms with Crippen LogP contribution in [0.1, 0.15) is 0 Å². The molecule has 74 valence electrons. The number of hydrogen-bond acceptors (Lipinski definition) is 6. The molecule has 8 nitrogen and oxygen atoms in total. The second-order valence-corrected chi connectivity index (χ2v) is 2.70. The van der Waals surface area contributed by atoms with Crippen molar-refractivity contribution < 1.29 is 0 Å². The van der Waals surface area contributed by atoms with Crippen LogP contribution in [-0.4, -0.2) is 37.0 Å². The summed E-state index contributed by atoms with van der Waals surface area (Å²) in [6, 6.07) is 0. The van der Waals surface area contributed by atoms with Gasteiger partial charge in [-0.3, -0.25) is 9.67 Å². The number of hydrogen-bond donors (Lipinski definition) is 3. The van der Waals surface area contributed by atoms with Gasteiger partial charge in [-0.15, -0.1) is 15.3 Å². The lowest BCUT2D eigenvalue weighted by atomic mass is 10.5. The highest BCUT2D eigenvalue weighted by Crippen LogP contribution is 2.14. The summed E-state index contributed by atoms with van der Waals surface area (Å²) in [6.45, 7) is 0. The topological polar surface area (TPSA) is 110 Å². The average Bonchev–Trinajstić information content (AvgIpc) is 2.72. The number of H-pyrrole nitrogens is 1. The minimum atomic E-state index is 0.189. The van der Waals surface area contributed by atoms with E-state index in [0.717, 1.165) is 0 Å². The molecule has 4 N–H and O–H groups in total. The van der Waals surface area contributed by atoms with E-state index in [1.54, 1.807) is 11.6 Å². The van der Waals surface area contributed by atoms with Crippen LogP contribution in [0.5, 0.6) is 0 Å². The molecule has 0 unspecified atom stereocenters. The molecule has 0 aromatic carbocycles. The molecule has 0 bridgehead atoms. The van der Waals surface area contributed by atoms with Crippen LogP contribution in [-0.2, 0) is 7.05 Å². The number of nitrogens with one attached hydrogen (secondary N) is 2. The molecule has 0 fully saturated rings. The molecule has 0 aliphatic heterocycles. The Bertz CT molecular complexity index is 440. The molecule has 8 heteroatoms. The highest BCUT2D eigenvalue weighted by atomic mass is 15.4. The van der Waals surface area contributed by atoms with E-state index in [1.165, 1.54) is 0 Å². The van der Waals surface area contributed by atoms with Gasteiger partial charge >= 0.3 is 0 Å². The fourth-order valence-corrected chi connectivity index (χ4v) is 1.13. The smallest absolute Gasteiger partial charge is 0.239 e. The maximum atomic E-state index is 5.38. The molecule has 14 heavy (non-hydrogen) atoms. The molecular weight excluding hydrogens is 184 g/mol. The summed E-state index contributed by atoms with van der Waals surface area (Å²) >= 11 is 0. The largest absolute Gasteiger partial charge is 0.366 e. The zero-order chi connectivity index (χ0) is 10.1. The minimum Gasteiger partial charge on any atom is -0.366 e. The summed E-state index contributed by atoms with van der Waals surface area (Å²) in [5.41, 5.74) is 5.38. The first-order valence-corrected chi connectivity index (χ1v) is 3.97. The number of nitrogens with zero attached hydrogens (tertiary/aromatic N) is 5. The number of nitrogen functional groups attached to an aromatic ring is 1. The van der Waals surface area contributed by atoms with Gasteiger partial charge in [0.05, 0.1) is 0 Å². The van der Waals surface area contributed by atoms with E-state index in [-0.39, 0.29) is 5.95 Å². The standard InChI is InChI=1S/C6H10N8/c1-8-6-13-11-4(14(6)2)3-9-5(7)12-10-3/h1-2H3,(H,8,13)(H3,7,9,10,12). The van der Waals surface area contributed by atoms with Crippen molar-refractivity contribution in [2.24, 2.45) is 7.05 Å². The van der Waals surface area contributed by atoms with Gasteiger partial charge in [0.1, 0.15) is 0 Å². The SMILES string of the molecule is CNc1nnc(-c2nc(N)n[nH]2)n1C. The average molecular weight is 194 g/mol. The third-order valence-electron chi connectivity index (χ3n) is 1.81. The summed E-state index contributed by atoms with van der Waals surface area (Å²) in [7, 11) is 3.59. The molecule has 0 atom stereocenters. The lowest BCUT2D eigenvalue weighted by Crippen LogP contribution is -2.00. The van der Waals surface area contributed by atoms with Gasteiger partial charge in [-0.2, -0.15) is 4.98 Å². The van der Waals surface area contributed by atoms with Crippen LogP contribution in [0.4, 0.5) is 11.9 Å². The fourth-order valence-electron chi connectivity index (χ4n) is 1.13. The molecule has 0 radical (unpaired) electrons. The van der Waals surface area contributed by atoms with Gasteiger partial charge in [0.2, 0.25) is 17.7 Å². The Morgan fingerprint density at radius 1 is 1.43 bits per heavy atom. The van der Waals surface area contributed by atoms with Crippen LogP contribution >= 0.6 is 0 Å². The zero-order valence-corrected chi connectivity index (χ0v) is 7.81. The van der Waals surface area contributed by atoms with Crippen molar-refractivity contribution >= 4 is 11.9 Å². The lowest BCUT2D eigenvalue weighted by molar-refractivity contribution is 0.910. The molecule has 0 saturated heterocycles. The predicted molar refractivity (Wildman–Crippen MR) is 50.3 cm³/mol. The Kier molecular flexibility index (Phi) is 1.80. The molecule has 2 heterocycles. The van der Waals surface area contributed by atoms with Gasteiger partial charge in [0.15, 0.2) is 5.82 Å². The van der Waals surface area contributed by atoms with Crippen molar-refractivity contribution in [1.82, 2.24) is 29.9 Å². The van der Waals surface area contributed by atoms with Crippen LogP contribution < -0.4 is 11.1 Å². The minimum absolute atomic E-state index is 0.189. The third kappa shape index (κ3) is 1.16. The van der Waals surface area contributed by atoms with E-state index in [4.69, 9.17) is 5.73 Å². The molecule has 2 aromatic rings. The number of anilines is 2. The quantitative estimate of drug-likeness (QED) is 0.578. The third-order valence-corrected chi connectivity index (χ3v) is 1.81. The van der Waals surface area contributed by atoms with Crippen molar-refractivity contribution in [1.29, 1.82) is 0 Å². The maximum absolute atomic E-state index is 5.38. The Hall–Kier alpha value is -2.12. The summed E-state index contributed by atoms with van der Waals surface area (Å²) in [4.78, 5) is 3.95. The van der Waals surface area contributed by atoms with E-state index in [2.05, 4.69) is 30.7 Å². The van der Waals surface area contributed by atoms with Crippen molar-refractivity contribution in [2.45, 2.75) is 0 Å². The van der Waals surface area contributed by atoms with Crippen molar-refractivity contribution in [3.63, 3.8) is 0 Å². The highest BCUT2D eigenvalue weighted by molar-refractivity contribution is 5.48. The van der Waals surface area contributed by atoms with Crippen molar-refractivity contribution in [3.8, 4) is 11.6 Å². The van der Waals surface area contributed by atoms with E-state index >= 15 is 0 Å². The number of aromatic amines is 1. The second kappa shape index (κ2) is 2.98. The van der Waals surface area contributed by atoms with Gasteiger partial charge in [-0.05, 0) is 0 Å². The monoisotopic (exact) mass is 194 g/mol. The second-order valence-electron chi connectivity index (χ2n) is 2.70. The predicted octanol–water partition coefficient (Wildman–Crippen LogP) is -0.776. The molecule has 0 saturated carbocycles. The van der Waals surface area contributed by atoms with E-state index in [1.807, 2.05) is 7.05 Å². The summed E-state index contributed by atoms with van der Waals surface area (Å²) in [6.07, 6.45) is 0. The van der Waals surface area contributed by atoms with Crippen LogP contribution in [0.15, 0.2) is 0 Å². The lowest BCUT2D eigenvalue weighted by Gasteiger charge is -1.99. The van der Waals surface area contributed by atoms with Crippen molar-refractivity contribution in [2.75, 3.05) is 18.1 Å². The van der Waals surface area contributed by atoms with Gasteiger partial charge < -0.3 is 11.1 Å². The molecule has 0 spiro atoms. The van der Waals surface area contributed by atoms with E-state index in [9.17, 15) is 0 Å². The van der Waals surface area contributed by atoms with Crippen LogP contribution in [0.2, 0.25) is 0 Å². The first-order chi connectivity index (χ1) is 6.72. The first kappa shape index (κ1) is 8.48. The Morgan fingerprint density at radius 3 is 2.71 bits per heavy atom.